The molecule has 4 heterocycles. The highest BCUT2D eigenvalue weighted by Crippen LogP contribution is 2.38. The molecule has 1 aliphatic rings. The van der Waals surface area contributed by atoms with Crippen LogP contribution in [0.15, 0.2) is 24.3 Å². The molecule has 5 rings (SSSR count). The van der Waals surface area contributed by atoms with Gasteiger partial charge < -0.3 is 15.1 Å². The second-order valence-electron chi connectivity index (χ2n) is 7.40. The fourth-order valence-electron chi connectivity index (χ4n) is 3.75. The number of nitrogens with one attached hydrogen (secondary N) is 1. The minimum atomic E-state index is -0.321. The Bertz CT molecular complexity index is 1290. The third-order valence-corrected chi connectivity index (χ3v) is 7.41. The summed E-state index contributed by atoms with van der Waals surface area (Å²) in [6, 6.07) is 8.27. The van der Waals surface area contributed by atoms with Gasteiger partial charge in [-0.05, 0) is 30.7 Å². The van der Waals surface area contributed by atoms with E-state index >= 15 is 0 Å². The molecule has 32 heavy (non-hydrogen) atoms. The van der Waals surface area contributed by atoms with Crippen molar-refractivity contribution in [1.29, 1.82) is 5.26 Å². The largest absolute Gasteiger partial charge is 0.344 e. The first-order valence-electron chi connectivity index (χ1n) is 10.3. The van der Waals surface area contributed by atoms with Crippen molar-refractivity contribution in [2.75, 3.05) is 43.0 Å². The summed E-state index contributed by atoms with van der Waals surface area (Å²) in [5.41, 5.74) is 2.19. The van der Waals surface area contributed by atoms with Gasteiger partial charge in [-0.1, -0.05) is 29.6 Å². The van der Waals surface area contributed by atoms with Crippen molar-refractivity contribution >= 4 is 43.7 Å². The normalized spacial score (nSPS) is 14.1. The highest BCUT2D eigenvalue weighted by Gasteiger charge is 2.25. The number of hydrogen-bond donors (Lipinski definition) is 1. The Hall–Kier alpha value is -3.07. The van der Waals surface area contributed by atoms with Gasteiger partial charge in [-0.2, -0.15) is 9.78 Å². The fraction of sp³-hybridized carbons (Fsp3) is 0.333. The topological polar surface area (TPSA) is 85.4 Å². The summed E-state index contributed by atoms with van der Waals surface area (Å²) in [5, 5.41) is 19.5. The summed E-state index contributed by atoms with van der Waals surface area (Å²) in [6.07, 6.45) is 0.750. The molecule has 1 fully saturated rings. The van der Waals surface area contributed by atoms with Gasteiger partial charge in [0.05, 0.1) is 5.69 Å². The second kappa shape index (κ2) is 8.46. The monoisotopic (exact) mass is 468 g/mol. The number of rotatable bonds is 5. The predicted molar refractivity (Wildman–Crippen MR) is 126 cm³/mol. The van der Waals surface area contributed by atoms with E-state index in [1.807, 2.05) is 16.5 Å². The quantitative estimate of drug-likeness (QED) is 0.478. The molecule has 0 radical (unpaired) electrons. The van der Waals surface area contributed by atoms with Crippen LogP contribution in [0.25, 0.3) is 16.2 Å². The van der Waals surface area contributed by atoms with Crippen LogP contribution in [0.3, 0.4) is 0 Å². The molecule has 164 valence electrons. The Kier molecular flexibility index (Phi) is 5.50. The summed E-state index contributed by atoms with van der Waals surface area (Å²) in [5.74, 6) is 0.530. The lowest BCUT2D eigenvalue weighted by Gasteiger charge is -2.26. The molecule has 0 unspecified atom stereocenters. The van der Waals surface area contributed by atoms with Gasteiger partial charge in [-0.3, -0.25) is 0 Å². The zero-order valence-electron chi connectivity index (χ0n) is 17.7. The Labute approximate surface area is 192 Å². The Morgan fingerprint density at radius 3 is 2.62 bits per heavy atom. The standard InChI is InChI=1S/C21H21FN8S2/c1-3-15-18(30-20(25-15)32-21(27-30)29-10-8-24-9-11-29)28(2)19-26-17(16(12-23)31-19)13-4-6-14(22)7-5-13/h4-7,24H,3,8-11H2,1-2H3. The Balaban J connectivity index is 1.55. The van der Waals surface area contributed by atoms with Gasteiger partial charge in [-0.25, -0.2) is 14.4 Å². The summed E-state index contributed by atoms with van der Waals surface area (Å²) in [4.78, 5) is 15.1. The molecule has 1 N–H and O–H groups in total. The van der Waals surface area contributed by atoms with Gasteiger partial charge in [0, 0.05) is 38.8 Å². The first kappa shape index (κ1) is 20.8. The van der Waals surface area contributed by atoms with E-state index in [1.165, 1.54) is 23.5 Å². The number of fused-ring (bicyclic) bond motifs is 1. The molecular formula is C21H21FN8S2. The average molecular weight is 469 g/mol. The average Bonchev–Trinajstić information content (AvgIpc) is 3.52. The Morgan fingerprint density at radius 2 is 1.94 bits per heavy atom. The van der Waals surface area contributed by atoms with E-state index in [-0.39, 0.29) is 5.82 Å². The lowest BCUT2D eigenvalue weighted by atomic mass is 10.1. The molecule has 0 bridgehead atoms. The van der Waals surface area contributed by atoms with Crippen molar-refractivity contribution in [3.8, 4) is 17.3 Å². The molecule has 4 aromatic rings. The lowest BCUT2D eigenvalue weighted by molar-refractivity contribution is 0.586. The van der Waals surface area contributed by atoms with Gasteiger partial charge in [0.2, 0.25) is 10.1 Å². The molecule has 1 saturated heterocycles. The number of halogens is 1. The van der Waals surface area contributed by atoms with Crippen LogP contribution in [-0.2, 0) is 6.42 Å². The molecule has 0 atom stereocenters. The summed E-state index contributed by atoms with van der Waals surface area (Å²) < 4.78 is 15.2. The molecular weight excluding hydrogens is 447 g/mol. The molecule has 0 amide bonds. The number of imidazole rings is 1. The van der Waals surface area contributed by atoms with Crippen LogP contribution < -0.4 is 15.1 Å². The van der Waals surface area contributed by atoms with Crippen molar-refractivity contribution < 1.29 is 4.39 Å². The minimum Gasteiger partial charge on any atom is -0.344 e. The number of nitriles is 1. The van der Waals surface area contributed by atoms with Crippen LogP contribution in [0.4, 0.5) is 20.5 Å². The van der Waals surface area contributed by atoms with E-state index < -0.39 is 0 Å². The van der Waals surface area contributed by atoms with Crippen LogP contribution in [0, 0.1) is 17.1 Å². The van der Waals surface area contributed by atoms with Crippen molar-refractivity contribution in [3.63, 3.8) is 0 Å². The molecule has 0 aliphatic carbocycles. The van der Waals surface area contributed by atoms with Crippen molar-refractivity contribution in [1.82, 2.24) is 24.9 Å². The van der Waals surface area contributed by atoms with Crippen molar-refractivity contribution in [2.45, 2.75) is 13.3 Å². The van der Waals surface area contributed by atoms with Gasteiger partial charge in [0.1, 0.15) is 22.5 Å². The molecule has 11 heteroatoms. The summed E-state index contributed by atoms with van der Waals surface area (Å²) in [6.45, 7) is 5.78. The molecule has 0 saturated carbocycles. The van der Waals surface area contributed by atoms with Crippen molar-refractivity contribution in [3.05, 3.63) is 40.7 Å². The van der Waals surface area contributed by atoms with Gasteiger partial charge in [-0.15, -0.1) is 5.10 Å². The number of aryl methyl sites for hydroxylation is 1. The zero-order valence-corrected chi connectivity index (χ0v) is 19.3. The highest BCUT2D eigenvalue weighted by atomic mass is 32.1. The van der Waals surface area contributed by atoms with E-state index in [9.17, 15) is 9.65 Å². The molecule has 0 spiro atoms. The maximum absolute atomic E-state index is 13.4. The molecule has 8 nitrogen and oxygen atoms in total. The summed E-state index contributed by atoms with van der Waals surface area (Å²) in [7, 11) is 1.92. The SMILES string of the molecule is CCc1nc2sc(N3CCNCC3)nn2c1N(C)c1nc(-c2ccc(F)cc2)c(C#N)s1. The lowest BCUT2D eigenvalue weighted by Crippen LogP contribution is -2.43. The van der Waals surface area contributed by atoms with E-state index in [1.54, 1.807) is 23.5 Å². The Morgan fingerprint density at radius 1 is 1.19 bits per heavy atom. The number of piperazine rings is 1. The van der Waals surface area contributed by atoms with Gasteiger partial charge in [0.15, 0.2) is 10.9 Å². The van der Waals surface area contributed by atoms with E-state index in [2.05, 4.69) is 23.2 Å². The number of thiazole rings is 1. The maximum Gasteiger partial charge on any atom is 0.216 e. The maximum atomic E-state index is 13.4. The smallest absolute Gasteiger partial charge is 0.216 e. The van der Waals surface area contributed by atoms with Gasteiger partial charge in [0.25, 0.3) is 0 Å². The minimum absolute atomic E-state index is 0.321. The van der Waals surface area contributed by atoms with Crippen LogP contribution in [0.1, 0.15) is 17.5 Å². The highest BCUT2D eigenvalue weighted by molar-refractivity contribution is 7.20. The third-order valence-electron chi connectivity index (χ3n) is 5.40. The van der Waals surface area contributed by atoms with E-state index in [0.29, 0.717) is 21.3 Å². The van der Waals surface area contributed by atoms with Crippen LogP contribution >= 0.6 is 22.7 Å². The van der Waals surface area contributed by atoms with E-state index in [0.717, 1.165) is 54.2 Å². The van der Waals surface area contributed by atoms with Crippen molar-refractivity contribution in [2.24, 2.45) is 0 Å². The van der Waals surface area contributed by atoms with Crippen LogP contribution in [0.2, 0.25) is 0 Å². The number of aromatic nitrogens is 4. The summed E-state index contributed by atoms with van der Waals surface area (Å²) >= 11 is 2.89. The second-order valence-corrected chi connectivity index (χ2v) is 9.32. The van der Waals surface area contributed by atoms with Gasteiger partial charge >= 0.3 is 0 Å². The predicted octanol–water partition coefficient (Wildman–Crippen LogP) is 3.66. The van der Waals surface area contributed by atoms with Crippen LogP contribution in [0.5, 0.6) is 0 Å². The first-order valence-corrected chi connectivity index (χ1v) is 12.0. The number of hydrogen-bond acceptors (Lipinski definition) is 9. The first-order chi connectivity index (χ1) is 15.6. The molecule has 1 aromatic carbocycles. The molecule has 3 aromatic heterocycles. The number of nitrogens with zero attached hydrogens (tertiary/aromatic N) is 7. The number of anilines is 3. The zero-order chi connectivity index (χ0) is 22.2. The number of benzene rings is 1. The van der Waals surface area contributed by atoms with Crippen LogP contribution in [-0.4, -0.2) is 52.8 Å². The molecule has 1 aliphatic heterocycles. The fourth-order valence-corrected chi connectivity index (χ4v) is 5.56. The van der Waals surface area contributed by atoms with E-state index in [4.69, 9.17) is 15.1 Å². The third kappa shape index (κ3) is 3.60.